The monoisotopic (exact) mass is 304 g/mol. The van der Waals surface area contributed by atoms with E-state index in [1.165, 1.54) is 11.3 Å². The van der Waals surface area contributed by atoms with Gasteiger partial charge in [0.2, 0.25) is 5.91 Å². The molecule has 0 bridgehead atoms. The molecule has 1 unspecified atom stereocenters. The molecule has 0 aromatic carbocycles. The first kappa shape index (κ1) is 13.8. The van der Waals surface area contributed by atoms with Gasteiger partial charge in [0.15, 0.2) is 0 Å². The molecule has 1 fully saturated rings. The Bertz CT molecular complexity index is 753. The molecule has 1 saturated heterocycles. The molecule has 4 N–H and O–H groups in total. The van der Waals surface area contributed by atoms with E-state index in [2.05, 4.69) is 15.6 Å². The number of thiophene rings is 1. The van der Waals surface area contributed by atoms with Crippen molar-refractivity contribution in [1.82, 2.24) is 15.6 Å². The number of hydrogen-bond donors (Lipinski definition) is 3. The second-order valence-corrected chi connectivity index (χ2v) is 6.30. The van der Waals surface area contributed by atoms with E-state index in [1.54, 1.807) is 0 Å². The molecule has 0 saturated carbocycles. The van der Waals surface area contributed by atoms with Crippen LogP contribution in [0.2, 0.25) is 0 Å². The molecule has 2 aromatic heterocycles. The molecule has 0 radical (unpaired) electrons. The molecule has 7 heteroatoms. The van der Waals surface area contributed by atoms with Crippen LogP contribution in [0.4, 0.5) is 5.69 Å². The van der Waals surface area contributed by atoms with Gasteiger partial charge in [0.05, 0.1) is 11.7 Å². The Morgan fingerprint density at radius 2 is 2.29 bits per heavy atom. The molecule has 0 spiro atoms. The van der Waals surface area contributed by atoms with Crippen molar-refractivity contribution in [2.75, 3.05) is 12.3 Å². The largest absolute Gasteiger partial charge is 0.397 e. The van der Waals surface area contributed by atoms with E-state index in [0.717, 1.165) is 21.5 Å². The van der Waals surface area contributed by atoms with E-state index in [1.807, 2.05) is 19.9 Å². The fourth-order valence-corrected chi connectivity index (χ4v) is 3.78. The van der Waals surface area contributed by atoms with Gasteiger partial charge in [-0.3, -0.25) is 14.6 Å². The van der Waals surface area contributed by atoms with Crippen molar-refractivity contribution < 1.29 is 9.59 Å². The fraction of sp³-hybridized carbons (Fsp3) is 0.357. The molecule has 2 aromatic rings. The van der Waals surface area contributed by atoms with E-state index in [0.29, 0.717) is 23.5 Å². The Labute approximate surface area is 125 Å². The second-order valence-electron chi connectivity index (χ2n) is 5.25. The van der Waals surface area contributed by atoms with Crippen LogP contribution in [0.5, 0.6) is 0 Å². The Kier molecular flexibility index (Phi) is 3.29. The molecule has 110 valence electrons. The zero-order valence-electron chi connectivity index (χ0n) is 11.8. The van der Waals surface area contributed by atoms with Crippen LogP contribution in [-0.4, -0.2) is 29.4 Å². The maximum Gasteiger partial charge on any atom is 0.263 e. The number of anilines is 1. The van der Waals surface area contributed by atoms with E-state index in [4.69, 9.17) is 5.73 Å². The lowest BCUT2D eigenvalue weighted by Crippen LogP contribution is -2.36. The number of nitrogens with one attached hydrogen (secondary N) is 2. The average molecular weight is 304 g/mol. The predicted molar refractivity (Wildman–Crippen MR) is 82.4 cm³/mol. The average Bonchev–Trinajstić information content (AvgIpc) is 2.93. The van der Waals surface area contributed by atoms with Gasteiger partial charge in [-0.1, -0.05) is 0 Å². The molecule has 0 aliphatic carbocycles. The van der Waals surface area contributed by atoms with E-state index < -0.39 is 0 Å². The zero-order chi connectivity index (χ0) is 15.1. The Hall–Kier alpha value is -2.15. The maximum absolute atomic E-state index is 12.4. The number of aryl methyl sites for hydroxylation is 2. The minimum Gasteiger partial charge on any atom is -0.397 e. The van der Waals surface area contributed by atoms with Crippen molar-refractivity contribution in [3.8, 4) is 0 Å². The first-order chi connectivity index (χ1) is 9.95. The first-order valence-corrected chi connectivity index (χ1v) is 7.51. The molecule has 3 heterocycles. The Morgan fingerprint density at radius 1 is 1.52 bits per heavy atom. The van der Waals surface area contributed by atoms with Crippen molar-refractivity contribution in [2.45, 2.75) is 26.3 Å². The number of hydrogen-bond acceptors (Lipinski definition) is 5. The summed E-state index contributed by atoms with van der Waals surface area (Å²) in [6, 6.07) is 1.76. The highest BCUT2D eigenvalue weighted by Gasteiger charge is 2.25. The topological polar surface area (TPSA) is 97.1 Å². The lowest BCUT2D eigenvalue weighted by molar-refractivity contribution is -0.119. The van der Waals surface area contributed by atoms with Crippen molar-refractivity contribution in [1.29, 1.82) is 0 Å². The number of rotatable bonds is 2. The van der Waals surface area contributed by atoms with Crippen molar-refractivity contribution in [3.05, 3.63) is 22.3 Å². The Balaban J connectivity index is 1.93. The van der Waals surface area contributed by atoms with Gasteiger partial charge < -0.3 is 16.4 Å². The van der Waals surface area contributed by atoms with Gasteiger partial charge in [-0.25, -0.2) is 0 Å². The molecule has 3 rings (SSSR count). The number of fused-ring (bicyclic) bond motifs is 1. The summed E-state index contributed by atoms with van der Waals surface area (Å²) < 4.78 is 0.961. The van der Waals surface area contributed by atoms with Crippen molar-refractivity contribution in [2.24, 2.45) is 0 Å². The van der Waals surface area contributed by atoms with Crippen LogP contribution in [0.3, 0.4) is 0 Å². The van der Waals surface area contributed by atoms with Gasteiger partial charge >= 0.3 is 0 Å². The van der Waals surface area contributed by atoms with Crippen LogP contribution in [0.25, 0.3) is 10.1 Å². The number of nitrogens with two attached hydrogens (primary N) is 1. The van der Waals surface area contributed by atoms with Gasteiger partial charge in [-0.2, -0.15) is 0 Å². The standard InChI is InChI=1S/C14H16N4O2S/c1-6-3-9-11(7(2)17-6)12(15)13(21-9)14(20)18-8-4-10(19)16-5-8/h3,8H,4-5,15H2,1-2H3,(H,16,19)(H,18,20). The molecular weight excluding hydrogens is 288 g/mol. The third-order valence-electron chi connectivity index (χ3n) is 3.54. The highest BCUT2D eigenvalue weighted by Crippen LogP contribution is 2.35. The molecule has 6 nitrogen and oxygen atoms in total. The number of carbonyl (C=O) groups is 2. The summed E-state index contributed by atoms with van der Waals surface area (Å²) >= 11 is 1.36. The molecular formula is C14H16N4O2S. The zero-order valence-corrected chi connectivity index (χ0v) is 12.6. The second kappa shape index (κ2) is 5.00. The minimum absolute atomic E-state index is 0.0414. The quantitative estimate of drug-likeness (QED) is 0.774. The number of aromatic nitrogens is 1. The van der Waals surface area contributed by atoms with Crippen LogP contribution in [0, 0.1) is 13.8 Å². The van der Waals surface area contributed by atoms with Gasteiger partial charge in [-0.15, -0.1) is 11.3 Å². The van der Waals surface area contributed by atoms with Gasteiger partial charge in [0.25, 0.3) is 5.91 Å². The van der Waals surface area contributed by atoms with Crippen LogP contribution < -0.4 is 16.4 Å². The fourth-order valence-electron chi connectivity index (χ4n) is 2.61. The first-order valence-electron chi connectivity index (χ1n) is 6.69. The maximum atomic E-state index is 12.4. The molecule has 1 atom stereocenters. The molecule has 21 heavy (non-hydrogen) atoms. The molecule has 2 amide bonds. The van der Waals surface area contributed by atoms with Crippen molar-refractivity contribution in [3.63, 3.8) is 0 Å². The van der Waals surface area contributed by atoms with Crippen molar-refractivity contribution >= 4 is 38.9 Å². The number of nitrogen functional groups attached to an aromatic ring is 1. The van der Waals surface area contributed by atoms with Gasteiger partial charge in [-0.05, 0) is 19.9 Å². The highest BCUT2D eigenvalue weighted by molar-refractivity contribution is 7.21. The number of amides is 2. The van der Waals surface area contributed by atoms with E-state index in [-0.39, 0.29) is 17.9 Å². The summed E-state index contributed by atoms with van der Waals surface area (Å²) in [6.45, 7) is 4.27. The number of nitrogens with zero attached hydrogens (tertiary/aromatic N) is 1. The van der Waals surface area contributed by atoms with Crippen LogP contribution in [0.15, 0.2) is 6.07 Å². The lowest BCUT2D eigenvalue weighted by Gasteiger charge is -2.09. The van der Waals surface area contributed by atoms with Crippen LogP contribution >= 0.6 is 11.3 Å². The third kappa shape index (κ3) is 2.44. The van der Waals surface area contributed by atoms with Crippen LogP contribution in [0.1, 0.15) is 27.5 Å². The summed E-state index contributed by atoms with van der Waals surface area (Å²) in [4.78, 5) is 28.4. The molecule has 1 aliphatic heterocycles. The summed E-state index contributed by atoms with van der Waals surface area (Å²) in [5.74, 6) is -0.271. The summed E-state index contributed by atoms with van der Waals surface area (Å²) in [5.41, 5.74) is 8.32. The van der Waals surface area contributed by atoms with Gasteiger partial charge in [0, 0.05) is 34.4 Å². The summed E-state index contributed by atoms with van der Waals surface area (Å²) in [5, 5.41) is 6.39. The van der Waals surface area contributed by atoms with Gasteiger partial charge in [0.1, 0.15) is 4.88 Å². The highest BCUT2D eigenvalue weighted by atomic mass is 32.1. The SMILES string of the molecule is Cc1cc2sc(C(=O)NC3CNC(=O)C3)c(N)c2c(C)n1. The van der Waals surface area contributed by atoms with E-state index in [9.17, 15) is 9.59 Å². The minimum atomic E-state index is -0.229. The number of carbonyl (C=O) groups excluding carboxylic acids is 2. The van der Waals surface area contributed by atoms with E-state index >= 15 is 0 Å². The third-order valence-corrected chi connectivity index (χ3v) is 4.69. The lowest BCUT2D eigenvalue weighted by atomic mass is 10.2. The Morgan fingerprint density at radius 3 is 2.95 bits per heavy atom. The summed E-state index contributed by atoms with van der Waals surface area (Å²) in [7, 11) is 0. The molecule has 1 aliphatic rings. The smallest absolute Gasteiger partial charge is 0.263 e. The summed E-state index contributed by atoms with van der Waals surface area (Å²) in [6.07, 6.45) is 0.316. The number of pyridine rings is 1. The normalized spacial score (nSPS) is 18.0. The van der Waals surface area contributed by atoms with Crippen LogP contribution in [-0.2, 0) is 4.79 Å². The predicted octanol–water partition coefficient (Wildman–Crippen LogP) is 1.11.